The van der Waals surface area contributed by atoms with Gasteiger partial charge in [-0.05, 0) is 37.1 Å². The maximum Gasteiger partial charge on any atom is 0.302 e. The molecule has 5 nitrogen and oxygen atoms in total. The normalized spacial score (nSPS) is 29.9. The van der Waals surface area contributed by atoms with Crippen LogP contribution in [0.15, 0.2) is 24.3 Å². The molecule has 6 heteroatoms. The topological polar surface area (TPSA) is 63.5 Å². The van der Waals surface area contributed by atoms with Crippen LogP contribution in [0.5, 0.6) is 0 Å². The summed E-state index contributed by atoms with van der Waals surface area (Å²) in [7, 11) is 0. The van der Waals surface area contributed by atoms with Crippen LogP contribution in [-0.2, 0) is 9.53 Å². The van der Waals surface area contributed by atoms with E-state index in [-0.39, 0.29) is 29.8 Å². The molecule has 1 aromatic carbocycles. The highest BCUT2D eigenvalue weighted by Crippen LogP contribution is 2.39. The van der Waals surface area contributed by atoms with Crippen molar-refractivity contribution in [2.24, 2.45) is 5.92 Å². The lowest BCUT2D eigenvalue weighted by atomic mass is 9.85. The van der Waals surface area contributed by atoms with Gasteiger partial charge < -0.3 is 4.74 Å². The molecule has 0 radical (unpaired) electrons. The number of Topliss-reactive ketones (excluding diaryl/α,β-unsaturated/α-hetero) is 1. The Balaban J connectivity index is 1.73. The van der Waals surface area contributed by atoms with Gasteiger partial charge in [0.05, 0.1) is 5.92 Å². The predicted molar refractivity (Wildman–Crippen MR) is 79.4 cm³/mol. The van der Waals surface area contributed by atoms with E-state index >= 15 is 0 Å². The van der Waals surface area contributed by atoms with E-state index < -0.39 is 11.9 Å². The van der Waals surface area contributed by atoms with Gasteiger partial charge in [-0.2, -0.15) is 0 Å². The predicted octanol–water partition coefficient (Wildman–Crippen LogP) is 2.66. The number of carbonyl (C=O) groups is 2. The smallest absolute Gasteiger partial charge is 0.302 e. The van der Waals surface area contributed by atoms with E-state index in [0.717, 1.165) is 4.76 Å². The number of halogens is 1. The van der Waals surface area contributed by atoms with E-state index in [1.54, 1.807) is 0 Å². The van der Waals surface area contributed by atoms with Crippen molar-refractivity contribution in [1.82, 2.24) is 0 Å². The van der Waals surface area contributed by atoms with Crippen molar-refractivity contribution in [3.8, 4) is 0 Å². The highest BCUT2D eigenvalue weighted by molar-refractivity contribution is 5.99. The Hall–Kier alpha value is -2.11. The van der Waals surface area contributed by atoms with Crippen molar-refractivity contribution in [3.63, 3.8) is 0 Å². The molecule has 4 atom stereocenters. The Morgan fingerprint density at radius 1 is 1.13 bits per heavy atom. The second-order valence-corrected chi connectivity index (χ2v) is 6.28. The van der Waals surface area contributed by atoms with Gasteiger partial charge in [-0.1, -0.05) is 0 Å². The zero-order valence-corrected chi connectivity index (χ0v) is 12.9. The first-order valence-electron chi connectivity index (χ1n) is 7.90. The number of piperidine rings is 1. The molecule has 122 valence electrons. The van der Waals surface area contributed by atoms with Crippen molar-refractivity contribution >= 4 is 11.8 Å². The summed E-state index contributed by atoms with van der Waals surface area (Å²) in [5, 5.41) is 0. The minimum atomic E-state index is -0.738. The van der Waals surface area contributed by atoms with Gasteiger partial charge in [0.25, 0.3) is 6.04 Å². The Kier molecular flexibility index (Phi) is 4.24. The second kappa shape index (κ2) is 6.18. The molecule has 0 bridgehead atoms. The van der Waals surface area contributed by atoms with E-state index in [0.29, 0.717) is 31.2 Å². The number of hydrogen-bond acceptors (Lipinski definition) is 4. The van der Waals surface area contributed by atoms with Crippen molar-refractivity contribution in [2.45, 2.75) is 50.8 Å². The van der Waals surface area contributed by atoms with Gasteiger partial charge in [0.15, 0.2) is 0 Å². The molecule has 1 aromatic rings. The summed E-state index contributed by atoms with van der Waals surface area (Å²) in [6.45, 7) is 1.37. The maximum atomic E-state index is 13.0. The van der Waals surface area contributed by atoms with Crippen LogP contribution in [0.2, 0.25) is 0 Å². The number of rotatable bonds is 3. The third-order valence-electron chi connectivity index (χ3n) is 4.87. The van der Waals surface area contributed by atoms with Gasteiger partial charge in [0.1, 0.15) is 11.9 Å². The number of fused-ring (bicyclic) bond motifs is 1. The van der Waals surface area contributed by atoms with E-state index in [9.17, 15) is 18.9 Å². The summed E-state index contributed by atoms with van der Waals surface area (Å²) >= 11 is 0. The molecule has 1 aliphatic heterocycles. The first kappa shape index (κ1) is 15.8. The molecule has 0 N–H and O–H groups in total. The van der Waals surface area contributed by atoms with Crippen LogP contribution in [0, 0.1) is 16.6 Å². The molecule has 2 aliphatic rings. The first-order chi connectivity index (χ1) is 11.0. The summed E-state index contributed by atoms with van der Waals surface area (Å²) < 4.78 is 19.1. The molecule has 0 aromatic heterocycles. The lowest BCUT2D eigenvalue weighted by molar-refractivity contribution is -0.622. The number of carbonyl (C=O) groups excluding carboxylic acids is 2. The maximum absolute atomic E-state index is 13.0. The van der Waals surface area contributed by atoms with Crippen molar-refractivity contribution < 1.29 is 23.5 Å². The standard InChI is InChI=1S/C17H19FNO4/c1-10(20)23-16-9-8-14-13(16)6-7-15(19(14)22)17(21)11-2-4-12(18)5-3-11/h2-5,13-16H,6-9H2,1H3/q+1. The van der Waals surface area contributed by atoms with Crippen LogP contribution < -0.4 is 0 Å². The van der Waals surface area contributed by atoms with Gasteiger partial charge in [0.2, 0.25) is 11.8 Å². The Morgan fingerprint density at radius 2 is 1.83 bits per heavy atom. The molecular formula is C17H19FNO4+. The van der Waals surface area contributed by atoms with E-state index in [1.807, 2.05) is 0 Å². The molecule has 1 aliphatic carbocycles. The van der Waals surface area contributed by atoms with Crippen LogP contribution in [0.4, 0.5) is 4.39 Å². The second-order valence-electron chi connectivity index (χ2n) is 6.28. The number of nitrogens with zero attached hydrogens (tertiary/aromatic N) is 1. The molecular weight excluding hydrogens is 301 g/mol. The average molecular weight is 320 g/mol. The number of esters is 1. The summed E-state index contributed by atoms with van der Waals surface area (Å²) in [6.07, 6.45) is 2.16. The van der Waals surface area contributed by atoms with Crippen molar-refractivity contribution in [1.29, 1.82) is 0 Å². The highest BCUT2D eigenvalue weighted by atomic mass is 19.1. The third kappa shape index (κ3) is 3.02. The monoisotopic (exact) mass is 320 g/mol. The first-order valence-corrected chi connectivity index (χ1v) is 7.90. The molecule has 0 amide bonds. The number of benzene rings is 1. The molecule has 2 fully saturated rings. The van der Waals surface area contributed by atoms with E-state index in [4.69, 9.17) is 4.74 Å². The summed E-state index contributed by atoms with van der Waals surface area (Å²) in [5.74, 6) is -1.02. The fraction of sp³-hybridized carbons (Fsp3) is 0.529. The van der Waals surface area contributed by atoms with Crippen LogP contribution in [-0.4, -0.2) is 34.7 Å². The van der Waals surface area contributed by atoms with Crippen molar-refractivity contribution in [2.75, 3.05) is 0 Å². The molecule has 0 spiro atoms. The zero-order chi connectivity index (χ0) is 16.6. The zero-order valence-electron chi connectivity index (χ0n) is 12.9. The summed E-state index contributed by atoms with van der Waals surface area (Å²) in [6, 6.07) is 4.24. The molecule has 1 heterocycles. The third-order valence-corrected chi connectivity index (χ3v) is 4.87. The van der Waals surface area contributed by atoms with Gasteiger partial charge >= 0.3 is 5.97 Å². The summed E-state index contributed by atoms with van der Waals surface area (Å²) in [5.41, 5.74) is 0.352. The lowest BCUT2D eigenvalue weighted by Crippen LogP contribution is -2.47. The number of ketones is 1. The van der Waals surface area contributed by atoms with Crippen LogP contribution in [0.25, 0.3) is 0 Å². The van der Waals surface area contributed by atoms with Crippen LogP contribution >= 0.6 is 0 Å². The van der Waals surface area contributed by atoms with Gasteiger partial charge in [-0.25, -0.2) is 4.39 Å². The van der Waals surface area contributed by atoms with E-state index in [2.05, 4.69) is 0 Å². The fourth-order valence-electron chi connectivity index (χ4n) is 3.83. The van der Waals surface area contributed by atoms with Gasteiger partial charge in [-0.3, -0.25) is 9.59 Å². The molecule has 3 rings (SSSR count). The number of hydrogen-bond donors (Lipinski definition) is 0. The molecule has 4 unspecified atom stereocenters. The number of ether oxygens (including phenoxy) is 1. The van der Waals surface area contributed by atoms with Gasteiger partial charge in [-0.15, -0.1) is 0 Å². The SMILES string of the molecule is CC(=O)OC1CCC2C1CCC(C(=O)c1ccc(F)cc1)[N+]2=O. The van der Waals surface area contributed by atoms with E-state index in [1.165, 1.54) is 31.2 Å². The minimum Gasteiger partial charge on any atom is -0.462 e. The Bertz CT molecular complexity index is 642. The quantitative estimate of drug-likeness (QED) is 0.488. The minimum absolute atomic E-state index is 0.00586. The Morgan fingerprint density at radius 3 is 2.48 bits per heavy atom. The fourth-order valence-corrected chi connectivity index (χ4v) is 3.83. The van der Waals surface area contributed by atoms with Crippen LogP contribution in [0.1, 0.15) is 43.0 Å². The van der Waals surface area contributed by atoms with Gasteiger partial charge in [0, 0.05) is 35.0 Å². The highest BCUT2D eigenvalue weighted by Gasteiger charge is 2.54. The molecule has 23 heavy (non-hydrogen) atoms. The average Bonchev–Trinajstić information content (AvgIpc) is 2.91. The lowest BCUT2D eigenvalue weighted by Gasteiger charge is -2.26. The Labute approximate surface area is 133 Å². The van der Waals surface area contributed by atoms with Crippen LogP contribution in [0.3, 0.4) is 0 Å². The van der Waals surface area contributed by atoms with Crippen molar-refractivity contribution in [3.05, 3.63) is 40.6 Å². The largest absolute Gasteiger partial charge is 0.462 e. The molecule has 1 saturated heterocycles. The number of nitroso groups, excluding NO2 is 1. The summed E-state index contributed by atoms with van der Waals surface area (Å²) in [4.78, 5) is 36.3. The molecule has 1 saturated carbocycles.